The van der Waals surface area contributed by atoms with Gasteiger partial charge in [0.1, 0.15) is 0 Å². The van der Waals surface area contributed by atoms with E-state index in [0.717, 1.165) is 0 Å². The van der Waals surface area contributed by atoms with Crippen molar-refractivity contribution in [1.82, 2.24) is 0 Å². The molecule has 5 aromatic rings. The van der Waals surface area contributed by atoms with E-state index in [1.165, 1.54) is 47.7 Å². The standard InChI is InChI=1S/C25H18S/c1-17-13-14-18-7-4-5-11-22(18)25(17)26-24-12-6-10-21-15-19-8-2-3-9-20(19)16-23(21)24/h2-16H,1H3. The van der Waals surface area contributed by atoms with Crippen LogP contribution in [0.25, 0.3) is 32.3 Å². The van der Waals surface area contributed by atoms with Gasteiger partial charge in [0.2, 0.25) is 0 Å². The second-order valence-corrected chi connectivity index (χ2v) is 7.76. The summed E-state index contributed by atoms with van der Waals surface area (Å²) in [6, 6.07) is 32.9. The first-order chi connectivity index (χ1) is 12.8. The minimum Gasteiger partial charge on any atom is -0.0885 e. The summed E-state index contributed by atoms with van der Waals surface area (Å²) in [6.07, 6.45) is 0. The summed E-state index contributed by atoms with van der Waals surface area (Å²) >= 11 is 1.88. The van der Waals surface area contributed by atoms with Crippen molar-refractivity contribution < 1.29 is 0 Å². The number of rotatable bonds is 2. The summed E-state index contributed by atoms with van der Waals surface area (Å²) in [5.74, 6) is 0. The Morgan fingerprint density at radius 2 is 1.23 bits per heavy atom. The van der Waals surface area contributed by atoms with Crippen molar-refractivity contribution in [2.24, 2.45) is 0 Å². The average Bonchev–Trinajstić information content (AvgIpc) is 2.69. The van der Waals surface area contributed by atoms with Gasteiger partial charge in [-0.25, -0.2) is 0 Å². The molecule has 26 heavy (non-hydrogen) atoms. The van der Waals surface area contributed by atoms with Crippen molar-refractivity contribution >= 4 is 44.1 Å². The SMILES string of the molecule is Cc1ccc2ccccc2c1Sc1cccc2cc3ccccc3cc12. The molecule has 0 aromatic heterocycles. The predicted molar refractivity (Wildman–Crippen MR) is 114 cm³/mol. The molecule has 1 heteroatoms. The number of benzene rings is 5. The van der Waals surface area contributed by atoms with Crippen LogP contribution in [0.2, 0.25) is 0 Å². The molecular weight excluding hydrogens is 332 g/mol. The normalized spacial score (nSPS) is 11.4. The second kappa shape index (κ2) is 6.19. The van der Waals surface area contributed by atoms with Gasteiger partial charge >= 0.3 is 0 Å². The van der Waals surface area contributed by atoms with E-state index in [-0.39, 0.29) is 0 Å². The zero-order valence-electron chi connectivity index (χ0n) is 14.6. The third-order valence-electron chi connectivity index (χ3n) is 5.00. The first-order valence-corrected chi connectivity index (χ1v) is 9.69. The smallest absolute Gasteiger partial charge is 0.0230 e. The van der Waals surface area contributed by atoms with Gasteiger partial charge in [0.25, 0.3) is 0 Å². The van der Waals surface area contributed by atoms with Crippen molar-refractivity contribution in [2.75, 3.05) is 0 Å². The van der Waals surface area contributed by atoms with Gasteiger partial charge < -0.3 is 0 Å². The Morgan fingerprint density at radius 1 is 0.538 bits per heavy atom. The molecule has 5 rings (SSSR count). The van der Waals surface area contributed by atoms with Gasteiger partial charge in [0, 0.05) is 9.79 Å². The van der Waals surface area contributed by atoms with Crippen LogP contribution in [-0.4, -0.2) is 0 Å². The Kier molecular flexibility index (Phi) is 3.69. The fourth-order valence-electron chi connectivity index (χ4n) is 3.62. The van der Waals surface area contributed by atoms with Crippen molar-refractivity contribution in [3.05, 3.63) is 96.6 Å². The maximum absolute atomic E-state index is 2.33. The first-order valence-electron chi connectivity index (χ1n) is 8.87. The summed E-state index contributed by atoms with van der Waals surface area (Å²) in [7, 11) is 0. The van der Waals surface area contributed by atoms with E-state index in [1.807, 2.05) is 11.8 Å². The molecule has 0 N–H and O–H groups in total. The van der Waals surface area contributed by atoms with Crippen molar-refractivity contribution in [3.63, 3.8) is 0 Å². The van der Waals surface area contributed by atoms with Gasteiger partial charge in [-0.1, -0.05) is 84.6 Å². The molecule has 0 aliphatic heterocycles. The highest BCUT2D eigenvalue weighted by atomic mass is 32.2. The van der Waals surface area contributed by atoms with E-state index in [4.69, 9.17) is 0 Å². The van der Waals surface area contributed by atoms with E-state index < -0.39 is 0 Å². The molecule has 0 aliphatic carbocycles. The molecule has 0 spiro atoms. The molecule has 5 aromatic carbocycles. The fraction of sp³-hybridized carbons (Fsp3) is 0.0400. The Balaban J connectivity index is 1.73. The molecule has 0 fully saturated rings. The van der Waals surface area contributed by atoms with Crippen LogP contribution in [0, 0.1) is 6.92 Å². The van der Waals surface area contributed by atoms with Crippen LogP contribution < -0.4 is 0 Å². The van der Waals surface area contributed by atoms with Crippen molar-refractivity contribution in [3.8, 4) is 0 Å². The zero-order valence-corrected chi connectivity index (χ0v) is 15.4. The van der Waals surface area contributed by atoms with Gasteiger partial charge in [-0.2, -0.15) is 0 Å². The third kappa shape index (κ3) is 2.56. The zero-order chi connectivity index (χ0) is 17.5. The highest BCUT2D eigenvalue weighted by Crippen LogP contribution is 2.40. The summed E-state index contributed by atoms with van der Waals surface area (Å²) < 4.78 is 0. The number of hydrogen-bond donors (Lipinski definition) is 0. The van der Waals surface area contributed by atoms with Gasteiger partial charge in [-0.3, -0.25) is 0 Å². The summed E-state index contributed by atoms with van der Waals surface area (Å²) in [6.45, 7) is 2.20. The van der Waals surface area contributed by atoms with Crippen molar-refractivity contribution in [2.45, 2.75) is 16.7 Å². The number of fused-ring (bicyclic) bond motifs is 3. The van der Waals surface area contributed by atoms with Crippen LogP contribution in [-0.2, 0) is 0 Å². The Hall–Kier alpha value is -2.77. The molecule has 0 nitrogen and oxygen atoms in total. The quantitative estimate of drug-likeness (QED) is 0.295. The van der Waals surface area contributed by atoms with E-state index in [1.54, 1.807) is 0 Å². The highest BCUT2D eigenvalue weighted by Gasteiger charge is 2.10. The molecule has 0 amide bonds. The molecule has 0 saturated carbocycles. The first kappa shape index (κ1) is 15.5. The van der Waals surface area contributed by atoms with Crippen molar-refractivity contribution in [1.29, 1.82) is 0 Å². The molecular formula is C25H18S. The van der Waals surface area contributed by atoms with Crippen LogP contribution in [0.5, 0.6) is 0 Å². The minimum atomic E-state index is 1.29. The van der Waals surface area contributed by atoms with Crippen LogP contribution >= 0.6 is 11.8 Å². The largest absolute Gasteiger partial charge is 0.0885 e. The Bertz CT molecular complexity index is 1270. The molecule has 124 valence electrons. The lowest BCUT2D eigenvalue weighted by Crippen LogP contribution is -1.85. The summed E-state index contributed by atoms with van der Waals surface area (Å²) in [5, 5.41) is 7.84. The van der Waals surface area contributed by atoms with Gasteiger partial charge in [0.05, 0.1) is 0 Å². The predicted octanol–water partition coefficient (Wildman–Crippen LogP) is 7.61. The Labute approximate surface area is 157 Å². The summed E-state index contributed by atoms with van der Waals surface area (Å²) in [4.78, 5) is 2.66. The number of aryl methyl sites for hydroxylation is 1. The summed E-state index contributed by atoms with van der Waals surface area (Å²) in [5.41, 5.74) is 1.33. The van der Waals surface area contributed by atoms with Gasteiger partial charge in [-0.15, -0.1) is 0 Å². The average molecular weight is 350 g/mol. The minimum absolute atomic E-state index is 1.29. The van der Waals surface area contributed by atoms with E-state index in [0.29, 0.717) is 0 Å². The van der Waals surface area contributed by atoms with E-state index in [9.17, 15) is 0 Å². The third-order valence-corrected chi connectivity index (χ3v) is 6.32. The van der Waals surface area contributed by atoms with E-state index >= 15 is 0 Å². The molecule has 0 bridgehead atoms. The maximum Gasteiger partial charge on any atom is 0.0230 e. The Morgan fingerprint density at radius 3 is 2.08 bits per heavy atom. The van der Waals surface area contributed by atoms with Crippen LogP contribution in [0.3, 0.4) is 0 Å². The fourth-order valence-corrected chi connectivity index (χ4v) is 4.80. The number of hydrogen-bond acceptors (Lipinski definition) is 1. The topological polar surface area (TPSA) is 0 Å². The van der Waals surface area contributed by atoms with E-state index in [2.05, 4.69) is 97.9 Å². The molecule has 0 unspecified atom stereocenters. The van der Waals surface area contributed by atoms with Crippen LogP contribution in [0.1, 0.15) is 5.56 Å². The molecule has 0 atom stereocenters. The molecule has 0 aliphatic rings. The van der Waals surface area contributed by atoms with Gasteiger partial charge in [0.15, 0.2) is 0 Å². The monoisotopic (exact) mass is 350 g/mol. The van der Waals surface area contributed by atoms with Crippen LogP contribution in [0.4, 0.5) is 0 Å². The molecule has 0 heterocycles. The molecule has 0 radical (unpaired) electrons. The second-order valence-electron chi connectivity index (χ2n) is 6.71. The highest BCUT2D eigenvalue weighted by molar-refractivity contribution is 7.99. The van der Waals surface area contributed by atoms with Crippen LogP contribution in [0.15, 0.2) is 101 Å². The lowest BCUT2D eigenvalue weighted by Gasteiger charge is -2.12. The lowest BCUT2D eigenvalue weighted by atomic mass is 10.0. The maximum atomic E-state index is 2.33. The molecule has 0 saturated heterocycles. The lowest BCUT2D eigenvalue weighted by molar-refractivity contribution is 1.34. The van der Waals surface area contributed by atoms with Gasteiger partial charge in [-0.05, 0) is 63.0 Å².